The van der Waals surface area contributed by atoms with Crippen molar-refractivity contribution in [1.82, 2.24) is 0 Å². The largest absolute Gasteiger partial charge is 0.324 e. The molecule has 3 N–H and O–H groups in total. The van der Waals surface area contributed by atoms with Crippen LogP contribution in [0.3, 0.4) is 0 Å². The zero-order valence-electron chi connectivity index (χ0n) is 14.3. The van der Waals surface area contributed by atoms with Crippen LogP contribution in [0.25, 0.3) is 0 Å². The SMILES string of the molecule is Fc1ccc(NP(=S)(Nc2ccc(F)cc2F)Nc2ccc(F)cc2F)c(F)c1. The van der Waals surface area contributed by atoms with Gasteiger partial charge in [-0.05, 0) is 48.2 Å². The van der Waals surface area contributed by atoms with E-state index in [4.69, 9.17) is 11.8 Å². The molecule has 0 bridgehead atoms. The summed E-state index contributed by atoms with van der Waals surface area (Å²) in [5.74, 6) is -5.50. The van der Waals surface area contributed by atoms with Gasteiger partial charge in [0.05, 0.1) is 17.1 Å². The second-order valence-corrected chi connectivity index (χ2v) is 9.35. The van der Waals surface area contributed by atoms with Crippen LogP contribution in [-0.2, 0) is 11.8 Å². The van der Waals surface area contributed by atoms with Crippen LogP contribution in [0.4, 0.5) is 43.4 Å². The molecule has 3 aromatic carbocycles. The molecule has 0 aliphatic rings. The van der Waals surface area contributed by atoms with E-state index in [0.29, 0.717) is 18.2 Å². The molecule has 3 rings (SSSR count). The van der Waals surface area contributed by atoms with E-state index in [1.54, 1.807) is 0 Å². The second kappa shape index (κ2) is 8.34. The molecule has 0 aromatic heterocycles. The van der Waals surface area contributed by atoms with Crippen molar-refractivity contribution >= 4 is 35.4 Å². The van der Waals surface area contributed by atoms with Gasteiger partial charge in [-0.2, -0.15) is 0 Å². The van der Waals surface area contributed by atoms with Crippen molar-refractivity contribution in [3.05, 3.63) is 89.5 Å². The highest BCUT2D eigenvalue weighted by Crippen LogP contribution is 2.47. The molecule has 0 spiro atoms. The van der Waals surface area contributed by atoms with E-state index < -0.39 is 41.4 Å². The lowest BCUT2D eigenvalue weighted by Crippen LogP contribution is -2.16. The summed E-state index contributed by atoms with van der Waals surface area (Å²) in [6.45, 7) is -3.52. The Labute approximate surface area is 166 Å². The number of nitrogens with one attached hydrogen (secondary N) is 3. The predicted octanol–water partition coefficient (Wildman–Crippen LogP) is 6.38. The molecule has 0 saturated carbocycles. The first-order chi connectivity index (χ1) is 13.6. The molecule has 0 radical (unpaired) electrons. The predicted molar refractivity (Wildman–Crippen MR) is 104 cm³/mol. The maximum atomic E-state index is 14.1. The molecule has 11 heteroatoms. The highest BCUT2D eigenvalue weighted by atomic mass is 32.4. The lowest BCUT2D eigenvalue weighted by Gasteiger charge is -2.28. The smallest absolute Gasteiger partial charge is 0.211 e. The molecule has 0 atom stereocenters. The molecule has 3 nitrogen and oxygen atoms in total. The molecule has 0 aliphatic heterocycles. The minimum Gasteiger partial charge on any atom is -0.324 e. The quantitative estimate of drug-likeness (QED) is 0.303. The number of hydrogen-bond donors (Lipinski definition) is 3. The van der Waals surface area contributed by atoms with Gasteiger partial charge >= 0.3 is 0 Å². The highest BCUT2D eigenvalue weighted by Gasteiger charge is 2.22. The van der Waals surface area contributed by atoms with Gasteiger partial charge in [-0.3, -0.25) is 0 Å². The Morgan fingerprint density at radius 2 is 0.793 bits per heavy atom. The third kappa shape index (κ3) is 5.21. The summed E-state index contributed by atoms with van der Waals surface area (Å²) < 4.78 is 81.8. The van der Waals surface area contributed by atoms with Gasteiger partial charge in [-0.25, -0.2) is 26.3 Å². The van der Waals surface area contributed by atoms with Crippen molar-refractivity contribution in [2.24, 2.45) is 0 Å². The van der Waals surface area contributed by atoms with Crippen molar-refractivity contribution in [3.63, 3.8) is 0 Å². The molecular formula is C18H12F6N3PS. The summed E-state index contributed by atoms with van der Waals surface area (Å²) in [7, 11) is 0. The normalized spacial score (nSPS) is 11.2. The Morgan fingerprint density at radius 3 is 1.03 bits per heavy atom. The fourth-order valence-electron chi connectivity index (χ4n) is 2.33. The van der Waals surface area contributed by atoms with E-state index in [0.717, 1.165) is 36.4 Å². The molecule has 0 aliphatic carbocycles. The van der Waals surface area contributed by atoms with Gasteiger partial charge in [0.25, 0.3) is 0 Å². The van der Waals surface area contributed by atoms with Crippen molar-refractivity contribution in [2.75, 3.05) is 15.3 Å². The minimum absolute atomic E-state index is 0.250. The Morgan fingerprint density at radius 1 is 0.517 bits per heavy atom. The van der Waals surface area contributed by atoms with Crippen LogP contribution in [0, 0.1) is 34.9 Å². The maximum absolute atomic E-state index is 14.1. The molecule has 0 amide bonds. The van der Waals surface area contributed by atoms with Crippen LogP contribution in [0.5, 0.6) is 0 Å². The topological polar surface area (TPSA) is 36.1 Å². The van der Waals surface area contributed by atoms with Gasteiger partial charge < -0.3 is 15.3 Å². The van der Waals surface area contributed by atoms with Crippen LogP contribution in [-0.4, -0.2) is 0 Å². The summed E-state index contributed by atoms with van der Waals surface area (Å²) >= 11 is 5.42. The fourth-order valence-corrected chi connectivity index (χ4v) is 4.95. The van der Waals surface area contributed by atoms with Crippen molar-refractivity contribution in [3.8, 4) is 0 Å². The Hall–Kier alpha value is -2.71. The number of halogens is 6. The zero-order chi connectivity index (χ0) is 21.2. The van der Waals surface area contributed by atoms with Crippen molar-refractivity contribution in [2.45, 2.75) is 0 Å². The minimum atomic E-state index is -3.52. The second-order valence-electron chi connectivity index (χ2n) is 5.82. The van der Waals surface area contributed by atoms with E-state index in [1.165, 1.54) is 0 Å². The van der Waals surface area contributed by atoms with Crippen LogP contribution in [0.15, 0.2) is 54.6 Å². The molecule has 152 valence electrons. The summed E-state index contributed by atoms with van der Waals surface area (Å²) in [6, 6.07) is 7.83. The number of rotatable bonds is 6. The standard InChI is InChI=1S/C18H12F6N3PS/c19-10-1-4-16(13(22)7-10)25-28(29,26-17-5-2-11(20)8-14(17)23)27-18-6-3-12(21)9-15(18)24/h1-9H,(H3,25,26,27,29). The van der Waals surface area contributed by atoms with Gasteiger partial charge in [-0.1, -0.05) is 0 Å². The van der Waals surface area contributed by atoms with Crippen molar-refractivity contribution in [1.29, 1.82) is 0 Å². The fraction of sp³-hybridized carbons (Fsp3) is 0. The van der Waals surface area contributed by atoms with Crippen LogP contribution in [0.1, 0.15) is 0 Å². The molecule has 0 heterocycles. The number of hydrogen-bond acceptors (Lipinski definition) is 1. The first kappa shape index (κ1) is 21.0. The first-order valence-electron chi connectivity index (χ1n) is 7.95. The van der Waals surface area contributed by atoms with Crippen LogP contribution < -0.4 is 15.3 Å². The van der Waals surface area contributed by atoms with E-state index in [1.807, 2.05) is 0 Å². The third-order valence-electron chi connectivity index (χ3n) is 3.63. The maximum Gasteiger partial charge on any atom is 0.211 e. The Balaban J connectivity index is 2.00. The molecule has 0 saturated heterocycles. The average molecular weight is 447 g/mol. The first-order valence-corrected chi connectivity index (χ1v) is 10.8. The van der Waals surface area contributed by atoms with Crippen LogP contribution in [0.2, 0.25) is 0 Å². The molecule has 0 fully saturated rings. The Kier molecular flexibility index (Phi) is 6.04. The van der Waals surface area contributed by atoms with Gasteiger partial charge in [-0.15, -0.1) is 0 Å². The number of anilines is 3. The number of benzene rings is 3. The highest BCUT2D eigenvalue weighted by molar-refractivity contribution is 8.16. The molecule has 0 unspecified atom stereocenters. The van der Waals surface area contributed by atoms with Gasteiger partial charge in [0, 0.05) is 18.2 Å². The van der Waals surface area contributed by atoms with Crippen molar-refractivity contribution < 1.29 is 26.3 Å². The van der Waals surface area contributed by atoms with E-state index in [9.17, 15) is 26.3 Å². The van der Waals surface area contributed by atoms with Gasteiger partial charge in [0.15, 0.2) is 0 Å². The summed E-state index contributed by atoms with van der Waals surface area (Å²) in [5.41, 5.74) is -0.751. The summed E-state index contributed by atoms with van der Waals surface area (Å²) in [6.07, 6.45) is 0. The van der Waals surface area contributed by atoms with Crippen LogP contribution >= 0.6 is 6.49 Å². The molecule has 3 aromatic rings. The third-order valence-corrected chi connectivity index (χ3v) is 6.12. The Bertz CT molecular complexity index is 974. The van der Waals surface area contributed by atoms with E-state index >= 15 is 0 Å². The zero-order valence-corrected chi connectivity index (χ0v) is 16.0. The lowest BCUT2D eigenvalue weighted by atomic mass is 10.3. The average Bonchev–Trinajstić information content (AvgIpc) is 2.63. The van der Waals surface area contributed by atoms with E-state index in [-0.39, 0.29) is 17.1 Å². The summed E-state index contributed by atoms with van der Waals surface area (Å²) in [5, 5.41) is 7.72. The monoisotopic (exact) mass is 447 g/mol. The molecular weight excluding hydrogens is 435 g/mol. The lowest BCUT2D eigenvalue weighted by molar-refractivity contribution is 0.586. The van der Waals surface area contributed by atoms with Gasteiger partial charge in [0.1, 0.15) is 34.9 Å². The van der Waals surface area contributed by atoms with Gasteiger partial charge in [0.2, 0.25) is 6.49 Å². The molecule has 29 heavy (non-hydrogen) atoms. The van der Waals surface area contributed by atoms with E-state index in [2.05, 4.69) is 15.3 Å². The summed E-state index contributed by atoms with van der Waals surface area (Å²) in [4.78, 5) is 0.